The third-order valence-corrected chi connectivity index (χ3v) is 4.31. The number of aromatic nitrogens is 6. The Balaban J connectivity index is 1.65. The lowest BCUT2D eigenvalue weighted by molar-refractivity contribution is 0.768. The summed E-state index contributed by atoms with van der Waals surface area (Å²) in [6.45, 7) is 8.10. The summed E-state index contributed by atoms with van der Waals surface area (Å²) < 4.78 is 1.72. The molecule has 8 heteroatoms. The summed E-state index contributed by atoms with van der Waals surface area (Å²) >= 11 is 0. The number of rotatable bonds is 6. The summed E-state index contributed by atoms with van der Waals surface area (Å²) in [5, 5.41) is 10.9. The van der Waals surface area contributed by atoms with Gasteiger partial charge in [-0.3, -0.25) is 9.67 Å². The lowest BCUT2D eigenvalue weighted by Crippen LogP contribution is -2.11. The molecule has 0 spiro atoms. The minimum absolute atomic E-state index is 0.248. The summed E-state index contributed by atoms with van der Waals surface area (Å²) in [6.07, 6.45) is 7.13. The average molecular weight is 399 g/mol. The first-order valence-electron chi connectivity index (χ1n) is 9.63. The van der Waals surface area contributed by atoms with E-state index in [1.807, 2.05) is 37.5 Å². The zero-order chi connectivity index (χ0) is 21.1. The molecule has 0 saturated heterocycles. The molecular formula is C22H23N8. The Bertz CT molecular complexity index is 1170. The van der Waals surface area contributed by atoms with Gasteiger partial charge in [-0.1, -0.05) is 6.07 Å². The molecule has 0 amide bonds. The molecule has 4 rings (SSSR count). The molecule has 0 aliphatic carbocycles. The van der Waals surface area contributed by atoms with E-state index in [-0.39, 0.29) is 6.04 Å². The third-order valence-electron chi connectivity index (χ3n) is 4.31. The van der Waals surface area contributed by atoms with Crippen LogP contribution in [-0.4, -0.2) is 35.8 Å². The molecule has 8 nitrogen and oxygen atoms in total. The van der Waals surface area contributed by atoms with E-state index >= 15 is 0 Å². The highest BCUT2D eigenvalue weighted by atomic mass is 15.2. The number of pyridine rings is 2. The van der Waals surface area contributed by atoms with Gasteiger partial charge in [0.25, 0.3) is 0 Å². The molecule has 4 heterocycles. The highest BCUT2D eigenvalue weighted by Gasteiger charge is 2.12. The van der Waals surface area contributed by atoms with Crippen molar-refractivity contribution in [3.63, 3.8) is 0 Å². The third kappa shape index (κ3) is 4.43. The first-order chi connectivity index (χ1) is 14.5. The first kappa shape index (κ1) is 19.5. The molecule has 1 radical (unpaired) electrons. The summed E-state index contributed by atoms with van der Waals surface area (Å²) in [5.41, 5.74) is 4.24. The van der Waals surface area contributed by atoms with Crippen LogP contribution in [0.2, 0.25) is 0 Å². The summed E-state index contributed by atoms with van der Waals surface area (Å²) in [7, 11) is 1.86. The SMILES string of the molecule is [CH2]c1cccc(-c2cnc(Nc3ccnc(-c4cnn(C)c4)n3)cc2NC(C)C)n1. The van der Waals surface area contributed by atoms with Crippen molar-refractivity contribution < 1.29 is 0 Å². The molecule has 0 saturated carbocycles. The Kier molecular flexibility index (Phi) is 5.38. The smallest absolute Gasteiger partial charge is 0.164 e. The van der Waals surface area contributed by atoms with Gasteiger partial charge in [-0.25, -0.2) is 15.0 Å². The quantitative estimate of drug-likeness (QED) is 0.504. The zero-order valence-corrected chi connectivity index (χ0v) is 17.2. The van der Waals surface area contributed by atoms with Crippen molar-refractivity contribution in [1.29, 1.82) is 0 Å². The van der Waals surface area contributed by atoms with Gasteiger partial charge in [0.05, 0.1) is 17.5 Å². The van der Waals surface area contributed by atoms with Crippen LogP contribution in [0.4, 0.5) is 17.3 Å². The van der Waals surface area contributed by atoms with Gasteiger partial charge in [-0.15, -0.1) is 0 Å². The van der Waals surface area contributed by atoms with Gasteiger partial charge in [-0.05, 0) is 39.0 Å². The first-order valence-corrected chi connectivity index (χ1v) is 9.63. The maximum atomic E-state index is 4.58. The van der Waals surface area contributed by atoms with E-state index in [0.29, 0.717) is 23.2 Å². The zero-order valence-electron chi connectivity index (χ0n) is 17.2. The van der Waals surface area contributed by atoms with Crippen LogP contribution in [0.1, 0.15) is 19.5 Å². The van der Waals surface area contributed by atoms with Crippen LogP contribution >= 0.6 is 0 Å². The van der Waals surface area contributed by atoms with Crippen molar-refractivity contribution in [2.45, 2.75) is 19.9 Å². The summed E-state index contributed by atoms with van der Waals surface area (Å²) in [4.78, 5) is 18.0. The van der Waals surface area contributed by atoms with Crippen LogP contribution in [0.25, 0.3) is 22.6 Å². The van der Waals surface area contributed by atoms with Crippen LogP contribution in [0.5, 0.6) is 0 Å². The van der Waals surface area contributed by atoms with Gasteiger partial charge >= 0.3 is 0 Å². The van der Waals surface area contributed by atoms with Crippen LogP contribution in [0.15, 0.2) is 55.1 Å². The van der Waals surface area contributed by atoms with Gasteiger partial charge < -0.3 is 10.6 Å². The molecule has 151 valence electrons. The maximum Gasteiger partial charge on any atom is 0.164 e. The monoisotopic (exact) mass is 399 g/mol. The number of hydrogen-bond acceptors (Lipinski definition) is 7. The van der Waals surface area contributed by atoms with Crippen molar-refractivity contribution in [2.24, 2.45) is 7.05 Å². The molecule has 0 unspecified atom stereocenters. The van der Waals surface area contributed by atoms with E-state index in [0.717, 1.165) is 22.5 Å². The fraction of sp³-hybridized carbons (Fsp3) is 0.182. The lowest BCUT2D eigenvalue weighted by atomic mass is 10.1. The Morgan fingerprint density at radius 2 is 1.90 bits per heavy atom. The van der Waals surface area contributed by atoms with Crippen LogP contribution in [-0.2, 0) is 7.05 Å². The lowest BCUT2D eigenvalue weighted by Gasteiger charge is -2.16. The van der Waals surface area contributed by atoms with E-state index in [4.69, 9.17) is 0 Å². The molecule has 0 aliphatic rings. The minimum Gasteiger partial charge on any atom is -0.382 e. The van der Waals surface area contributed by atoms with Crippen LogP contribution in [0.3, 0.4) is 0 Å². The average Bonchev–Trinajstić information content (AvgIpc) is 3.14. The Morgan fingerprint density at radius 3 is 2.63 bits per heavy atom. The van der Waals surface area contributed by atoms with Gasteiger partial charge in [0.1, 0.15) is 11.6 Å². The molecule has 30 heavy (non-hydrogen) atoms. The molecule has 2 N–H and O–H groups in total. The molecule has 0 aliphatic heterocycles. The number of nitrogens with one attached hydrogen (secondary N) is 2. The number of hydrogen-bond donors (Lipinski definition) is 2. The Hall–Kier alpha value is -3.81. The molecule has 4 aromatic rings. The Labute approximate surface area is 175 Å². The summed E-state index contributed by atoms with van der Waals surface area (Å²) in [5.74, 6) is 1.92. The van der Waals surface area contributed by atoms with Crippen molar-refractivity contribution in [3.8, 4) is 22.6 Å². The second-order valence-electron chi connectivity index (χ2n) is 7.22. The standard InChI is InChI=1S/C22H23N8/c1-14(2)26-19-10-21(24-12-17(19)18-7-5-6-15(3)27-18)28-20-8-9-23-22(29-20)16-11-25-30(4)13-16/h5-14H,3H2,1-2,4H3,(H2,23,24,26,28,29). The van der Waals surface area contributed by atoms with Crippen molar-refractivity contribution in [3.05, 3.63) is 67.7 Å². The van der Waals surface area contributed by atoms with E-state index in [9.17, 15) is 0 Å². The number of nitrogens with zero attached hydrogens (tertiary/aromatic N) is 6. The van der Waals surface area contributed by atoms with Gasteiger partial charge in [0.2, 0.25) is 0 Å². The predicted octanol–water partition coefficient (Wildman–Crippen LogP) is 4.08. The van der Waals surface area contributed by atoms with E-state index in [1.165, 1.54) is 0 Å². The highest BCUT2D eigenvalue weighted by molar-refractivity contribution is 5.78. The minimum atomic E-state index is 0.248. The van der Waals surface area contributed by atoms with Crippen molar-refractivity contribution in [2.75, 3.05) is 10.6 Å². The second-order valence-corrected chi connectivity index (χ2v) is 7.22. The molecule has 0 fully saturated rings. The van der Waals surface area contributed by atoms with Crippen LogP contribution < -0.4 is 10.6 Å². The molecular weight excluding hydrogens is 376 g/mol. The molecule has 0 bridgehead atoms. The highest BCUT2D eigenvalue weighted by Crippen LogP contribution is 2.29. The Morgan fingerprint density at radius 1 is 1.03 bits per heavy atom. The van der Waals surface area contributed by atoms with Crippen molar-refractivity contribution in [1.82, 2.24) is 29.7 Å². The van der Waals surface area contributed by atoms with Gasteiger partial charge in [-0.2, -0.15) is 5.10 Å². The van der Waals surface area contributed by atoms with E-state index in [1.54, 1.807) is 29.3 Å². The largest absolute Gasteiger partial charge is 0.382 e. The summed E-state index contributed by atoms with van der Waals surface area (Å²) in [6, 6.07) is 9.78. The van der Waals surface area contributed by atoms with Gasteiger partial charge in [0.15, 0.2) is 5.82 Å². The predicted molar refractivity (Wildman–Crippen MR) is 118 cm³/mol. The normalized spacial score (nSPS) is 11.0. The second kappa shape index (κ2) is 8.28. The topological polar surface area (TPSA) is 93.4 Å². The van der Waals surface area contributed by atoms with Gasteiger partial charge in [0, 0.05) is 54.7 Å². The molecule has 4 aromatic heterocycles. The molecule has 0 aromatic carbocycles. The van der Waals surface area contributed by atoms with Crippen molar-refractivity contribution >= 4 is 17.3 Å². The van der Waals surface area contributed by atoms with E-state index in [2.05, 4.69) is 56.4 Å². The van der Waals surface area contributed by atoms with Crippen LogP contribution in [0, 0.1) is 6.92 Å². The fourth-order valence-corrected chi connectivity index (χ4v) is 3.02. The van der Waals surface area contributed by atoms with E-state index < -0.39 is 0 Å². The number of anilines is 3. The molecule has 0 atom stereocenters. The maximum absolute atomic E-state index is 4.58. The fourth-order valence-electron chi connectivity index (χ4n) is 3.02. The number of aryl methyl sites for hydroxylation is 1.